The van der Waals surface area contributed by atoms with Crippen LogP contribution in [0.2, 0.25) is 5.02 Å². The minimum atomic E-state index is -0.823. The van der Waals surface area contributed by atoms with Crippen molar-refractivity contribution in [2.75, 3.05) is 16.1 Å². The second-order valence-electron chi connectivity index (χ2n) is 6.56. The number of hydrogen-bond donors (Lipinski definition) is 4. The van der Waals surface area contributed by atoms with Crippen molar-refractivity contribution in [2.45, 2.75) is 6.92 Å². The number of nitrogens with zero attached hydrogens (tertiary/aromatic N) is 4. The molecule has 0 spiro atoms. The van der Waals surface area contributed by atoms with Crippen LogP contribution in [0, 0.1) is 20.2 Å². The van der Waals surface area contributed by atoms with Crippen LogP contribution in [-0.2, 0) is 4.79 Å². The molecule has 34 heavy (non-hydrogen) atoms. The second-order valence-corrected chi connectivity index (χ2v) is 6.97. The molecule has 1 heterocycles. The topological polar surface area (TPSA) is 194 Å². The summed E-state index contributed by atoms with van der Waals surface area (Å²) in [5.41, 5.74) is 4.33. The average molecular weight is 487 g/mol. The van der Waals surface area contributed by atoms with Crippen LogP contribution in [0.5, 0.6) is 0 Å². The lowest BCUT2D eigenvalue weighted by atomic mass is 10.2. The van der Waals surface area contributed by atoms with Gasteiger partial charge in [-0.25, -0.2) is 9.97 Å². The highest BCUT2D eigenvalue weighted by molar-refractivity contribution is 6.32. The predicted molar refractivity (Wildman–Crippen MR) is 122 cm³/mol. The molecule has 174 valence electrons. The van der Waals surface area contributed by atoms with Crippen molar-refractivity contribution in [2.24, 2.45) is 0 Å². The number of anilines is 4. The van der Waals surface area contributed by atoms with E-state index < -0.39 is 27.1 Å². The zero-order valence-electron chi connectivity index (χ0n) is 17.2. The van der Waals surface area contributed by atoms with Gasteiger partial charge in [0, 0.05) is 29.9 Å². The minimum Gasteiger partial charge on any atom is -0.334 e. The summed E-state index contributed by atoms with van der Waals surface area (Å²) < 4.78 is 0. The summed E-state index contributed by atoms with van der Waals surface area (Å²) in [6.07, 6.45) is 1.03. The highest BCUT2D eigenvalue weighted by Gasteiger charge is 2.24. The Morgan fingerprint density at radius 1 is 0.941 bits per heavy atom. The third-order valence-corrected chi connectivity index (χ3v) is 4.49. The SMILES string of the molecule is CC(=O)Nc1ccc(Nc2ncnc(NNC(=O)c3ccc(Cl)c([N+](=O)[O-])c3)c2[N+](=O)[O-])cc1. The number of rotatable bonds is 8. The Hall–Kier alpha value is -4.85. The molecule has 4 N–H and O–H groups in total. The lowest BCUT2D eigenvalue weighted by Gasteiger charge is -2.11. The second kappa shape index (κ2) is 10.2. The number of carbonyl (C=O) groups excluding carboxylic acids is 2. The van der Waals surface area contributed by atoms with Gasteiger partial charge in [0.2, 0.25) is 17.5 Å². The fourth-order valence-corrected chi connectivity index (χ4v) is 2.88. The molecule has 0 saturated carbocycles. The fourth-order valence-electron chi connectivity index (χ4n) is 2.69. The first-order valence-electron chi connectivity index (χ1n) is 9.30. The highest BCUT2D eigenvalue weighted by atomic mass is 35.5. The third-order valence-electron chi connectivity index (χ3n) is 4.17. The van der Waals surface area contributed by atoms with Gasteiger partial charge in [0.1, 0.15) is 11.3 Å². The number of hydrogen-bond acceptors (Lipinski definition) is 10. The molecule has 0 fully saturated rings. The molecule has 15 heteroatoms. The number of amides is 2. The van der Waals surface area contributed by atoms with Gasteiger partial charge in [-0.1, -0.05) is 11.6 Å². The van der Waals surface area contributed by atoms with Crippen LogP contribution in [0.25, 0.3) is 0 Å². The number of nitrogens with one attached hydrogen (secondary N) is 4. The summed E-state index contributed by atoms with van der Waals surface area (Å²) in [5, 5.41) is 27.9. The normalized spacial score (nSPS) is 10.2. The Bertz CT molecular complexity index is 1280. The van der Waals surface area contributed by atoms with Crippen LogP contribution in [-0.4, -0.2) is 31.6 Å². The summed E-state index contributed by atoms with van der Waals surface area (Å²) in [5.74, 6) is -1.59. The number of nitro groups is 2. The van der Waals surface area contributed by atoms with E-state index in [1.54, 1.807) is 24.3 Å². The maximum absolute atomic E-state index is 12.4. The molecule has 0 bridgehead atoms. The molecule has 0 aliphatic heterocycles. The zero-order chi connectivity index (χ0) is 24.8. The molecule has 0 atom stereocenters. The third kappa shape index (κ3) is 5.68. The summed E-state index contributed by atoms with van der Waals surface area (Å²) in [6.45, 7) is 1.36. The first-order valence-corrected chi connectivity index (χ1v) is 9.68. The van der Waals surface area contributed by atoms with Crippen molar-refractivity contribution >= 4 is 57.8 Å². The molecule has 2 amide bonds. The smallest absolute Gasteiger partial charge is 0.334 e. The van der Waals surface area contributed by atoms with E-state index in [0.717, 1.165) is 12.4 Å². The van der Waals surface area contributed by atoms with Gasteiger partial charge in [0.25, 0.3) is 11.6 Å². The standard InChI is InChI=1S/C19H15ClN8O6/c1-10(29)23-12-3-5-13(6-4-12)24-17-16(28(33)34)18(22-9-21-17)25-26-19(30)11-2-7-14(20)15(8-11)27(31)32/h2-9H,1H3,(H,23,29)(H,26,30)(H2,21,22,24,25). The number of aromatic nitrogens is 2. The predicted octanol–water partition coefficient (Wildman–Crippen LogP) is 3.41. The number of hydrazine groups is 1. The van der Waals surface area contributed by atoms with Gasteiger partial charge in [-0.2, -0.15) is 0 Å². The van der Waals surface area contributed by atoms with Gasteiger partial charge in [-0.3, -0.25) is 40.7 Å². The van der Waals surface area contributed by atoms with E-state index >= 15 is 0 Å². The van der Waals surface area contributed by atoms with Crippen molar-refractivity contribution in [1.82, 2.24) is 15.4 Å². The maximum atomic E-state index is 12.4. The Balaban J connectivity index is 1.79. The maximum Gasteiger partial charge on any atom is 0.355 e. The molecule has 3 rings (SSSR count). The van der Waals surface area contributed by atoms with Crippen LogP contribution in [0.3, 0.4) is 0 Å². The number of carbonyl (C=O) groups is 2. The van der Waals surface area contributed by atoms with E-state index in [2.05, 4.69) is 31.5 Å². The lowest BCUT2D eigenvalue weighted by molar-refractivity contribution is -0.384. The molecule has 1 aromatic heterocycles. The molecule has 0 radical (unpaired) electrons. The molecule has 14 nitrogen and oxygen atoms in total. The van der Waals surface area contributed by atoms with E-state index in [0.29, 0.717) is 11.4 Å². The minimum absolute atomic E-state index is 0.113. The monoisotopic (exact) mass is 486 g/mol. The van der Waals surface area contributed by atoms with Crippen molar-refractivity contribution in [3.8, 4) is 0 Å². The van der Waals surface area contributed by atoms with Crippen molar-refractivity contribution < 1.29 is 19.4 Å². The van der Waals surface area contributed by atoms with E-state index in [4.69, 9.17) is 11.6 Å². The summed E-state index contributed by atoms with van der Waals surface area (Å²) in [4.78, 5) is 52.3. The summed E-state index contributed by atoms with van der Waals surface area (Å²) >= 11 is 5.73. The molecule has 0 saturated heterocycles. The molecular weight excluding hydrogens is 472 g/mol. The van der Waals surface area contributed by atoms with Crippen molar-refractivity contribution in [3.63, 3.8) is 0 Å². The van der Waals surface area contributed by atoms with E-state index in [-0.39, 0.29) is 28.1 Å². The summed E-state index contributed by atoms with van der Waals surface area (Å²) in [6, 6.07) is 9.70. The van der Waals surface area contributed by atoms with Crippen LogP contribution < -0.4 is 21.5 Å². The number of benzene rings is 2. The van der Waals surface area contributed by atoms with Crippen LogP contribution in [0.4, 0.5) is 34.4 Å². The van der Waals surface area contributed by atoms with E-state index in [1.807, 2.05) is 0 Å². The largest absolute Gasteiger partial charge is 0.355 e. The fraction of sp³-hybridized carbons (Fsp3) is 0.0526. The van der Waals surface area contributed by atoms with Gasteiger partial charge < -0.3 is 10.6 Å². The van der Waals surface area contributed by atoms with Gasteiger partial charge >= 0.3 is 5.69 Å². The van der Waals surface area contributed by atoms with Gasteiger partial charge in [0.15, 0.2) is 0 Å². The number of halogens is 1. The highest BCUT2D eigenvalue weighted by Crippen LogP contribution is 2.31. The molecular formula is C19H15ClN8O6. The van der Waals surface area contributed by atoms with Gasteiger partial charge in [-0.05, 0) is 36.4 Å². The summed E-state index contributed by atoms with van der Waals surface area (Å²) in [7, 11) is 0. The van der Waals surface area contributed by atoms with Crippen molar-refractivity contribution in [1.29, 1.82) is 0 Å². The zero-order valence-corrected chi connectivity index (χ0v) is 18.0. The Labute approximate surface area is 195 Å². The lowest BCUT2D eigenvalue weighted by Crippen LogP contribution is -2.30. The van der Waals surface area contributed by atoms with Crippen LogP contribution in [0.1, 0.15) is 17.3 Å². The van der Waals surface area contributed by atoms with E-state index in [1.165, 1.54) is 19.1 Å². The Kier molecular flexibility index (Phi) is 7.13. The van der Waals surface area contributed by atoms with Crippen LogP contribution in [0.15, 0.2) is 48.8 Å². The average Bonchev–Trinajstić information content (AvgIpc) is 2.78. The Morgan fingerprint density at radius 2 is 1.59 bits per heavy atom. The van der Waals surface area contributed by atoms with Gasteiger partial charge in [0.05, 0.1) is 9.85 Å². The quantitative estimate of drug-likeness (QED) is 0.270. The van der Waals surface area contributed by atoms with E-state index in [9.17, 15) is 29.8 Å². The van der Waals surface area contributed by atoms with Gasteiger partial charge in [-0.15, -0.1) is 0 Å². The Morgan fingerprint density at radius 3 is 2.21 bits per heavy atom. The molecule has 3 aromatic rings. The van der Waals surface area contributed by atoms with Crippen molar-refractivity contribution in [3.05, 3.63) is 79.6 Å². The molecule has 0 aliphatic carbocycles. The number of nitro benzene ring substituents is 1. The first-order chi connectivity index (χ1) is 16.2. The first kappa shape index (κ1) is 23.8. The molecule has 2 aromatic carbocycles. The molecule has 0 aliphatic rings. The van der Waals surface area contributed by atoms with Crippen LogP contribution >= 0.6 is 11.6 Å². The molecule has 0 unspecified atom stereocenters.